The molecule has 6 unspecified atom stereocenters. The number of anilines is 2. The van der Waals surface area contributed by atoms with Crippen molar-refractivity contribution in [1.29, 1.82) is 0 Å². The summed E-state index contributed by atoms with van der Waals surface area (Å²) in [6.07, 6.45) is 11.7. The summed E-state index contributed by atoms with van der Waals surface area (Å²) in [5.41, 5.74) is -15.0. The Hall–Kier alpha value is -8.87. The molecule has 10 aliphatic carbocycles. The summed E-state index contributed by atoms with van der Waals surface area (Å²) in [5, 5.41) is 48.7. The van der Waals surface area contributed by atoms with Gasteiger partial charge in [0.15, 0.2) is 70.8 Å². The minimum atomic E-state index is -2.21. The fourth-order valence-corrected chi connectivity index (χ4v) is 24.2. The summed E-state index contributed by atoms with van der Waals surface area (Å²) < 4.78 is 108. The summed E-state index contributed by atoms with van der Waals surface area (Å²) in [5.74, 6) is -10.8. The maximum atomic E-state index is 17.9. The van der Waals surface area contributed by atoms with Crippen molar-refractivity contribution in [3.8, 4) is 11.5 Å². The van der Waals surface area contributed by atoms with Gasteiger partial charge in [-0.1, -0.05) is 51.0 Å². The first-order valence-electron chi connectivity index (χ1n) is 40.8. The third kappa shape index (κ3) is 11.3. The Labute approximate surface area is 665 Å². The monoisotopic (exact) mass is 1610 g/mol. The van der Waals surface area contributed by atoms with Crippen LogP contribution in [0.3, 0.4) is 0 Å². The zero-order valence-corrected chi connectivity index (χ0v) is 66.9. The number of hydrogen-bond acceptors (Lipinski definition) is 23. The van der Waals surface area contributed by atoms with Crippen molar-refractivity contribution >= 4 is 68.3 Å². The van der Waals surface area contributed by atoms with E-state index in [2.05, 4.69) is 9.80 Å². The molecule has 8 saturated carbocycles. The van der Waals surface area contributed by atoms with E-state index < -0.39 is 168 Å². The van der Waals surface area contributed by atoms with Crippen molar-refractivity contribution < 1.29 is 94.5 Å². The first-order valence-corrected chi connectivity index (χ1v) is 40.8. The summed E-state index contributed by atoms with van der Waals surface area (Å²) in [6, 6.07) is 1.04. The molecule has 2 saturated heterocycles. The van der Waals surface area contributed by atoms with Crippen molar-refractivity contribution in [1.82, 2.24) is 18.9 Å². The molecule has 25 nitrogen and oxygen atoms in total. The maximum absolute atomic E-state index is 17.9. The number of carbonyl (C=O) groups is 6. The number of piperazine rings is 2. The number of rotatable bonds is 18. The number of ketones is 4. The van der Waals surface area contributed by atoms with Gasteiger partial charge < -0.3 is 67.1 Å². The number of alkyl halides is 2. The second-order valence-electron chi connectivity index (χ2n) is 36.5. The van der Waals surface area contributed by atoms with Crippen molar-refractivity contribution in [2.75, 3.05) is 76.5 Å². The van der Waals surface area contributed by atoms with Gasteiger partial charge in [0.1, 0.15) is 33.7 Å². The first kappa shape index (κ1) is 79.6. The highest BCUT2D eigenvalue weighted by Gasteiger charge is 2.78. The third-order valence-corrected chi connectivity index (χ3v) is 30.7. The van der Waals surface area contributed by atoms with Crippen molar-refractivity contribution in [3.63, 3.8) is 0 Å². The molecule has 12 aliphatic rings. The molecule has 0 bridgehead atoms. The summed E-state index contributed by atoms with van der Waals surface area (Å²) >= 11 is 0. The Balaban J connectivity index is 0.546. The number of methoxy groups -OCH3 is 2. The van der Waals surface area contributed by atoms with Gasteiger partial charge in [-0.05, 0) is 165 Å². The van der Waals surface area contributed by atoms with Crippen LogP contribution in [0.1, 0.15) is 177 Å². The normalized spacial score (nSPS) is 36.1. The van der Waals surface area contributed by atoms with Gasteiger partial charge in [0.25, 0.3) is 0 Å². The lowest BCUT2D eigenvalue weighted by Gasteiger charge is -2.62. The van der Waals surface area contributed by atoms with Gasteiger partial charge in [-0.25, -0.2) is 31.9 Å². The minimum absolute atomic E-state index is 0.0515. The van der Waals surface area contributed by atoms with Crippen LogP contribution in [0.2, 0.25) is 0 Å². The molecule has 29 heteroatoms. The molecular weight excluding hydrogens is 1510 g/mol. The Bertz CT molecular complexity index is 5070. The van der Waals surface area contributed by atoms with Crippen LogP contribution in [0, 0.1) is 68.8 Å². The van der Waals surface area contributed by atoms with Crippen LogP contribution in [0.5, 0.6) is 11.5 Å². The van der Waals surface area contributed by atoms with E-state index >= 15 is 17.6 Å². The van der Waals surface area contributed by atoms with Gasteiger partial charge in [0.05, 0.1) is 61.3 Å². The number of halogens is 4. The van der Waals surface area contributed by atoms with Crippen molar-refractivity contribution in [2.45, 2.75) is 204 Å². The van der Waals surface area contributed by atoms with Crippen LogP contribution in [-0.4, -0.2) is 188 Å². The van der Waals surface area contributed by atoms with E-state index in [1.54, 1.807) is 60.5 Å². The van der Waals surface area contributed by atoms with Gasteiger partial charge in [-0.3, -0.25) is 38.6 Å². The highest BCUT2D eigenvalue weighted by molar-refractivity contribution is 6.03. The van der Waals surface area contributed by atoms with Crippen LogP contribution in [0.25, 0.3) is 21.8 Å². The van der Waals surface area contributed by atoms with E-state index in [-0.39, 0.29) is 170 Å². The Kier molecular flexibility index (Phi) is 18.9. The molecular formula is C87H100F4N6O19. The second-order valence-corrected chi connectivity index (χ2v) is 36.5. The molecule has 0 amide bonds. The smallest absolute Gasteiger partial charge is 0.492 e. The number of fused-ring (bicyclic) bond motifs is 12. The molecule has 18 atom stereocenters. The molecule has 116 heavy (non-hydrogen) atoms. The molecule has 5 aromatic rings. The van der Waals surface area contributed by atoms with Crippen LogP contribution in [-0.2, 0) is 41.7 Å². The van der Waals surface area contributed by atoms with Crippen LogP contribution >= 0.6 is 0 Å². The molecule has 0 spiro atoms. The van der Waals surface area contributed by atoms with Gasteiger partial charge in [0, 0.05) is 109 Å². The summed E-state index contributed by atoms with van der Waals surface area (Å²) in [6.45, 7) is 13.8. The lowest BCUT2D eigenvalue weighted by atomic mass is 9.44. The number of benzene rings is 2. The minimum Gasteiger partial charge on any atom is -0.492 e. The number of hydrogen-bond donors (Lipinski definition) is 4. The third-order valence-electron chi connectivity index (χ3n) is 30.7. The number of ether oxygens (including phenoxy) is 4. The Morgan fingerprint density at radius 3 is 1.28 bits per heavy atom. The van der Waals surface area contributed by atoms with E-state index in [0.29, 0.717) is 62.8 Å². The van der Waals surface area contributed by atoms with E-state index in [4.69, 9.17) is 27.8 Å². The Morgan fingerprint density at radius 2 is 0.931 bits per heavy atom. The van der Waals surface area contributed by atoms with E-state index in [0.717, 1.165) is 12.1 Å². The van der Waals surface area contributed by atoms with Gasteiger partial charge in [-0.2, -0.15) is 0 Å². The number of nitrogens with zero attached hydrogens (tertiary/aromatic N) is 6. The van der Waals surface area contributed by atoms with Crippen LogP contribution < -0.4 is 36.0 Å². The summed E-state index contributed by atoms with van der Waals surface area (Å²) in [7, 11) is 2.73. The standard InChI is InChI=1S/C87H100F4N6O19/c1-43-27-59-57-17-11-47-29-51(98)19-21-80(47,5)84(57,90)65(100)33-82(59,7)86(43,109)67(102)41-113-77(106)55-37-96(49-13-14-49)69-53(73(55)104)31-61(88)71(75(69)111-9)94-25-23-92(45(3)35-94)39-63-64(116-79(108)115-63)40-93-24-26-95(36-46(93)4)72-62(89)32-54-70(76(72)112-10)97(50-15-16-50)38-56(74(54)105)78(107)114-42-68(103)87(110)44(2)28-60-58-18-12-48-30-52(99)20-22-81(48,6)85(58,91)66(101)34-83(60,87)8/h19-22,29-32,37-38,43-46,49-50,57-60,65-66,100-101,109-110H,11-18,23-28,33-36,39-42H2,1-10H3/t43-,44+,45?,46?,57?,58?,59?,60?,65+,66-,80+,81-,82+,83-,84+,85-,86+,87-. The van der Waals surface area contributed by atoms with Gasteiger partial charge in [0.2, 0.25) is 22.4 Å². The topological polar surface area (TPSA) is 321 Å². The number of aromatic nitrogens is 2. The molecule has 5 heterocycles. The molecule has 2 aromatic carbocycles. The van der Waals surface area contributed by atoms with Crippen molar-refractivity contribution in [2.24, 2.45) is 57.2 Å². The molecule has 2 aliphatic heterocycles. The molecule has 3 aromatic heterocycles. The molecule has 17 rings (SSSR count). The maximum Gasteiger partial charge on any atom is 0.519 e. The predicted octanol–water partition coefficient (Wildman–Crippen LogP) is 9.40. The number of Topliss-reactive ketones (excluding diaryl/α,β-unsaturated/α-hetero) is 2. The SMILES string of the molecule is COc1c(N2CCN(Cc3oc(=O)oc3CN3CCN(c4c(F)cc5c(=O)c(C(=O)OCC(=O)[C@]6(O)[C@@H](C)CC7C8CCC9=CC(=O)C=C[C@@]9(C)[C@]8(F)[C@H](O)C[C@]76C)cn(C6CC6)c5c4OC)CC3C)C(C)C2)c(F)cc2c(=O)c(C(=O)OCC(=O)[C@@]3(O)[C@H](C)CC4C5CCC6=CC(=O)C=C[C@]6(C)[C@@]5(F)[C@@H](O)C[C@@]43C)cn(C3CC3)c12. The predicted molar refractivity (Wildman–Crippen MR) is 414 cm³/mol. The van der Waals surface area contributed by atoms with E-state index in [9.17, 15) is 63.6 Å². The number of carbonyl (C=O) groups excluding carboxylic acids is 6. The average Bonchev–Trinajstić information content (AvgIpc) is 1.57. The van der Waals surface area contributed by atoms with Gasteiger partial charge >= 0.3 is 17.8 Å². The quantitative estimate of drug-likeness (QED) is 0.0468. The lowest BCUT2D eigenvalue weighted by Crippen LogP contribution is -2.69. The second kappa shape index (κ2) is 27.6. The van der Waals surface area contributed by atoms with E-state index in [1.807, 2.05) is 13.8 Å². The largest absolute Gasteiger partial charge is 0.519 e. The Morgan fingerprint density at radius 1 is 0.552 bits per heavy atom. The van der Waals surface area contributed by atoms with E-state index in [1.165, 1.54) is 63.1 Å². The van der Waals surface area contributed by atoms with Gasteiger partial charge in [-0.15, -0.1) is 0 Å². The number of aliphatic hydroxyl groups excluding tert-OH is 2. The van der Waals surface area contributed by atoms with Crippen molar-refractivity contribution in [3.05, 3.63) is 137 Å². The molecule has 620 valence electrons. The fourth-order valence-electron chi connectivity index (χ4n) is 24.2. The highest BCUT2D eigenvalue weighted by Crippen LogP contribution is 2.73. The average molecular weight is 1610 g/mol. The van der Waals surface area contributed by atoms with Crippen LogP contribution in [0.4, 0.5) is 28.9 Å². The number of esters is 2. The first-order chi connectivity index (χ1) is 54.9. The molecule has 0 radical (unpaired) electrons. The zero-order valence-electron chi connectivity index (χ0n) is 66.9. The number of pyridine rings is 2. The molecule has 10 fully saturated rings. The van der Waals surface area contributed by atoms with Crippen LogP contribution in [0.15, 0.2) is 95.3 Å². The fraction of sp³-hybridized carbons (Fsp3) is 0.598. The number of aliphatic hydroxyl groups is 4. The lowest BCUT2D eigenvalue weighted by molar-refractivity contribution is -0.219. The number of allylic oxidation sites excluding steroid dienone is 8. The summed E-state index contributed by atoms with van der Waals surface area (Å²) in [4.78, 5) is 132. The zero-order chi connectivity index (χ0) is 82.7. The highest BCUT2D eigenvalue weighted by atomic mass is 19.2. The molecule has 4 N–H and O–H groups in total.